The fourth-order valence-electron chi connectivity index (χ4n) is 9.41. The molecule has 4 bridgehead atoms. The van der Waals surface area contributed by atoms with Gasteiger partial charge in [0, 0.05) is 71.9 Å². The van der Waals surface area contributed by atoms with Gasteiger partial charge in [-0.05, 0) is 76.8 Å². The fourth-order valence-corrected chi connectivity index (χ4v) is 12.9. The Morgan fingerprint density at radius 1 is 1.05 bits per heavy atom. The van der Waals surface area contributed by atoms with Crippen LogP contribution in [0.4, 0.5) is 15.3 Å². The van der Waals surface area contributed by atoms with Gasteiger partial charge in [-0.15, -0.1) is 11.8 Å². The number of nitrogens with zero attached hydrogens (tertiary/aromatic N) is 4. The van der Waals surface area contributed by atoms with Gasteiger partial charge in [-0.2, -0.15) is 0 Å². The predicted octanol–water partition coefficient (Wildman–Crippen LogP) is 7.66. The van der Waals surface area contributed by atoms with Gasteiger partial charge in [0.2, 0.25) is 17.7 Å². The smallest absolute Gasteiger partial charge is 0.409 e. The molecule has 5 amide bonds. The van der Waals surface area contributed by atoms with Crippen LogP contribution in [0, 0.1) is 5.92 Å². The number of epoxide rings is 1. The zero-order chi connectivity index (χ0) is 54.9. The summed E-state index contributed by atoms with van der Waals surface area (Å²) in [7, 11) is 12.8. The number of hydrogen-bond acceptors (Lipinski definition) is 16. The van der Waals surface area contributed by atoms with Gasteiger partial charge in [0.15, 0.2) is 5.72 Å². The number of nitrogens with one attached hydrogen (secondary N) is 1. The van der Waals surface area contributed by atoms with E-state index in [1.807, 2.05) is 33.1 Å². The third-order valence-electron chi connectivity index (χ3n) is 14.7. The fraction of sp³-hybridized carbons (Fsp3) is 0.692. The molecule has 0 unspecified atom stereocenters. The van der Waals surface area contributed by atoms with Crippen LogP contribution in [0.2, 0.25) is 5.02 Å². The molecule has 2 N–H and O–H groups in total. The number of thioether (sulfide) groups is 1. The predicted molar refractivity (Wildman–Crippen MR) is 291 cm³/mol. The SMILES string of the molecule is COc1cc2cc(c1Cl)N(C)C(=O)C[C@H](OC(=O)[C@H](C)N(C)C(=O)CCC(C)(C)SCC(=O)N(C)CCN(C)C(=O)O[C@H]1CCCC[C@@H]1SSC)[C@]1(C)O[C@H]1[C@H](C)[C@@H]1C[C@@](O)(NC(=O)O1)[C@H](OC)/C=C/C=C(\C)C2. The minimum Gasteiger partial charge on any atom is -0.495 e. The van der Waals surface area contributed by atoms with Crippen molar-refractivity contribution in [1.82, 2.24) is 20.0 Å². The number of rotatable bonds is 17. The highest BCUT2D eigenvalue weighted by Gasteiger charge is 2.64. The molecule has 74 heavy (non-hydrogen) atoms. The highest BCUT2D eigenvalue weighted by Crippen LogP contribution is 2.49. The molecule has 0 radical (unpaired) electrons. The molecule has 1 aliphatic carbocycles. The van der Waals surface area contributed by atoms with E-state index in [1.165, 1.54) is 47.7 Å². The molecule has 3 heterocycles. The average molecular weight is 1110 g/mol. The number of ether oxygens (including phenoxy) is 6. The summed E-state index contributed by atoms with van der Waals surface area (Å²) in [6.07, 6.45) is 6.59. The second-order valence-corrected chi connectivity index (χ2v) is 25.5. The minimum absolute atomic E-state index is 0.0646. The monoisotopic (exact) mass is 1110 g/mol. The maximum absolute atomic E-state index is 14.4. The van der Waals surface area contributed by atoms with Crippen molar-refractivity contribution >= 4 is 86.5 Å². The molecular weight excluding hydrogens is 1030 g/mol. The zero-order valence-corrected chi connectivity index (χ0v) is 48.4. The number of amides is 5. The number of halogens is 1. The molecule has 3 fully saturated rings. The highest BCUT2D eigenvalue weighted by atomic mass is 35.5. The first kappa shape index (κ1) is 61.0. The van der Waals surface area contributed by atoms with Crippen LogP contribution in [-0.4, -0.2) is 181 Å². The van der Waals surface area contributed by atoms with Crippen LogP contribution in [0.3, 0.4) is 0 Å². The number of aliphatic hydroxyl groups is 1. The van der Waals surface area contributed by atoms with Gasteiger partial charge < -0.3 is 53.1 Å². The van der Waals surface area contributed by atoms with Gasteiger partial charge in [0.1, 0.15) is 46.8 Å². The molecule has 1 aromatic carbocycles. The molecule has 10 atom stereocenters. The number of anilines is 1. The zero-order valence-electron chi connectivity index (χ0n) is 45.2. The quantitative estimate of drug-likeness (QED) is 0.0665. The first-order valence-electron chi connectivity index (χ1n) is 25.1. The Bertz CT molecular complexity index is 2260. The summed E-state index contributed by atoms with van der Waals surface area (Å²) < 4.78 is 34.9. The topological polar surface area (TPSA) is 206 Å². The van der Waals surface area contributed by atoms with E-state index < -0.39 is 76.5 Å². The van der Waals surface area contributed by atoms with E-state index in [9.17, 15) is 33.9 Å². The number of allylic oxidation sites excluding steroid dienone is 3. The van der Waals surface area contributed by atoms with E-state index in [0.717, 1.165) is 36.8 Å². The standard InChI is InChI=1S/C52H78ClN5O13S3/c1-31-17-16-20-40(67-12)52(65)29-38(68-48(63)54-52)32(2)46-51(6,71-46)41(28-43(60)58(10)35-26-34(25-31)27-37(66-11)45(35)53)70-47(62)33(3)57(9)42(59)21-22-50(4,5)73-30-44(61)55(7)23-24-56(8)49(64)69-36-18-14-15-19-39(36)74-72-13/h16-17,20,26-27,32-33,36,38-41,46,65H,14-15,18-19,21-25,28-30H2,1-13H3,(H,54,63)/b20-16+,31-17+/t32-,33+,36+,38+,39+,40-,41+,46+,51+,52+/m1/s1. The summed E-state index contributed by atoms with van der Waals surface area (Å²) in [6.45, 7) is 11.5. The normalized spacial score (nSPS) is 29.0. The Morgan fingerprint density at radius 2 is 1.74 bits per heavy atom. The van der Waals surface area contributed by atoms with Crippen molar-refractivity contribution < 1.29 is 62.3 Å². The van der Waals surface area contributed by atoms with Crippen LogP contribution in [0.5, 0.6) is 5.75 Å². The van der Waals surface area contributed by atoms with E-state index in [0.29, 0.717) is 37.4 Å². The number of methoxy groups -OCH3 is 2. The highest BCUT2D eigenvalue weighted by molar-refractivity contribution is 8.76. The summed E-state index contributed by atoms with van der Waals surface area (Å²) in [5.41, 5.74) is -1.09. The van der Waals surface area contributed by atoms with Crippen LogP contribution in [0.1, 0.15) is 98.5 Å². The molecule has 2 saturated heterocycles. The number of alkyl carbamates (subject to hydrolysis) is 1. The van der Waals surface area contributed by atoms with Crippen molar-refractivity contribution in [3.05, 3.63) is 46.5 Å². The van der Waals surface area contributed by atoms with Gasteiger partial charge in [-0.3, -0.25) is 19.7 Å². The third-order valence-corrected chi connectivity index (χ3v) is 18.7. The molecule has 0 spiro atoms. The Balaban J connectivity index is 1.24. The maximum Gasteiger partial charge on any atom is 0.409 e. The number of benzene rings is 1. The van der Waals surface area contributed by atoms with Crippen molar-refractivity contribution in [1.29, 1.82) is 0 Å². The molecule has 22 heteroatoms. The van der Waals surface area contributed by atoms with Crippen molar-refractivity contribution in [2.24, 2.45) is 5.92 Å². The summed E-state index contributed by atoms with van der Waals surface area (Å²) >= 11 is 8.25. The number of likely N-dealkylation sites (N-methyl/N-ethyl adjacent to an activating group) is 3. The molecule has 414 valence electrons. The van der Waals surface area contributed by atoms with E-state index in [1.54, 1.807) is 92.7 Å². The summed E-state index contributed by atoms with van der Waals surface area (Å²) in [4.78, 5) is 87.3. The minimum atomic E-state index is -1.87. The number of carbonyl (C=O) groups excluding carboxylic acids is 6. The van der Waals surface area contributed by atoms with Crippen LogP contribution >= 0.6 is 45.0 Å². The maximum atomic E-state index is 14.4. The molecule has 3 aliphatic heterocycles. The second-order valence-electron chi connectivity index (χ2n) is 20.7. The van der Waals surface area contributed by atoms with Crippen LogP contribution in [-0.2, 0) is 49.3 Å². The average Bonchev–Trinajstić information content (AvgIpc) is 4.06. The molecular formula is C52H78ClN5O13S3. The molecule has 5 rings (SSSR count). The van der Waals surface area contributed by atoms with Gasteiger partial charge in [0.25, 0.3) is 0 Å². The Morgan fingerprint density at radius 3 is 2.42 bits per heavy atom. The Labute approximate surface area is 454 Å². The summed E-state index contributed by atoms with van der Waals surface area (Å²) in [6, 6.07) is 2.48. The number of carbonyl (C=O) groups is 6. The van der Waals surface area contributed by atoms with E-state index in [4.69, 9.17) is 40.0 Å². The number of esters is 1. The summed E-state index contributed by atoms with van der Waals surface area (Å²) in [5.74, 6) is -1.77. The lowest BCUT2D eigenvalue weighted by Crippen LogP contribution is -2.63. The van der Waals surface area contributed by atoms with Crippen LogP contribution < -0.4 is 15.0 Å². The molecule has 4 aliphatic rings. The van der Waals surface area contributed by atoms with Crippen LogP contribution in [0.15, 0.2) is 35.9 Å². The molecule has 1 saturated carbocycles. The second kappa shape index (κ2) is 26.5. The van der Waals surface area contributed by atoms with Crippen molar-refractivity contribution in [3.8, 4) is 5.75 Å². The first-order chi connectivity index (χ1) is 34.8. The van der Waals surface area contributed by atoms with Gasteiger partial charge in [0.05, 0.1) is 36.3 Å². The van der Waals surface area contributed by atoms with E-state index >= 15 is 0 Å². The first-order valence-corrected chi connectivity index (χ1v) is 29.1. The van der Waals surface area contributed by atoms with Crippen molar-refractivity contribution in [3.63, 3.8) is 0 Å². The summed E-state index contributed by atoms with van der Waals surface area (Å²) in [5, 5.41) is 14.9. The molecule has 0 aromatic heterocycles. The number of fused-ring (bicyclic) bond motifs is 5. The molecule has 1 aromatic rings. The van der Waals surface area contributed by atoms with Gasteiger partial charge in [-0.25, -0.2) is 14.4 Å². The third kappa shape index (κ3) is 15.6. The lowest BCUT2D eigenvalue weighted by Gasteiger charge is -2.42. The Kier molecular flexibility index (Phi) is 21.8. The Hall–Kier alpha value is -3.86. The molecule has 18 nitrogen and oxygen atoms in total. The lowest BCUT2D eigenvalue weighted by atomic mass is 9.83. The van der Waals surface area contributed by atoms with Gasteiger partial charge >= 0.3 is 18.2 Å². The van der Waals surface area contributed by atoms with E-state index in [2.05, 4.69) is 5.32 Å². The van der Waals surface area contributed by atoms with Crippen LogP contribution in [0.25, 0.3) is 0 Å². The van der Waals surface area contributed by atoms with Crippen molar-refractivity contribution in [2.75, 3.05) is 72.4 Å². The van der Waals surface area contributed by atoms with Crippen molar-refractivity contribution in [2.45, 2.75) is 157 Å². The number of hydrogen-bond donors (Lipinski definition) is 2. The lowest BCUT2D eigenvalue weighted by molar-refractivity contribution is -0.162. The largest absolute Gasteiger partial charge is 0.495 e. The van der Waals surface area contributed by atoms with Gasteiger partial charge in [-0.1, -0.05) is 84.2 Å². The van der Waals surface area contributed by atoms with E-state index in [-0.39, 0.29) is 53.2 Å².